The number of amides is 1. The van der Waals surface area contributed by atoms with Gasteiger partial charge in [0.2, 0.25) is 0 Å². The Labute approximate surface area is 163 Å². The van der Waals surface area contributed by atoms with Crippen molar-refractivity contribution in [2.75, 3.05) is 24.6 Å². The number of anilines is 1. The highest BCUT2D eigenvalue weighted by molar-refractivity contribution is 7.79. The molecular formula is C18H17ClFN2O4S-. The zero-order valence-electron chi connectivity index (χ0n) is 14.2. The van der Waals surface area contributed by atoms with Crippen molar-refractivity contribution in [2.45, 2.75) is 17.4 Å². The number of hydrogen-bond acceptors (Lipinski definition) is 5. The van der Waals surface area contributed by atoms with Crippen LogP contribution in [0.15, 0.2) is 47.4 Å². The van der Waals surface area contributed by atoms with Crippen LogP contribution in [0.3, 0.4) is 0 Å². The quantitative estimate of drug-likeness (QED) is 0.738. The molecule has 1 saturated heterocycles. The molecule has 1 fully saturated rings. The third-order valence-corrected chi connectivity index (χ3v) is 5.16. The fourth-order valence-corrected chi connectivity index (χ4v) is 3.39. The van der Waals surface area contributed by atoms with Crippen molar-refractivity contribution in [1.29, 1.82) is 0 Å². The Kier molecular flexibility index (Phi) is 6.30. The van der Waals surface area contributed by atoms with E-state index in [0.29, 0.717) is 12.3 Å². The monoisotopic (exact) mass is 411 g/mol. The molecule has 6 nitrogen and oxygen atoms in total. The summed E-state index contributed by atoms with van der Waals surface area (Å²) in [5.41, 5.74) is 0.901. The van der Waals surface area contributed by atoms with Crippen molar-refractivity contribution in [2.24, 2.45) is 0 Å². The van der Waals surface area contributed by atoms with Gasteiger partial charge in [-0.05, 0) is 53.9 Å². The molecule has 0 bridgehead atoms. The minimum atomic E-state index is -2.24. The van der Waals surface area contributed by atoms with E-state index in [4.69, 9.17) is 16.3 Å². The summed E-state index contributed by atoms with van der Waals surface area (Å²) in [6, 6.07) is 10.5. The molecule has 1 N–H and O–H groups in total. The minimum Gasteiger partial charge on any atom is -0.768 e. The molecule has 0 radical (unpaired) electrons. The van der Waals surface area contributed by atoms with Crippen LogP contribution in [0.2, 0.25) is 5.02 Å². The van der Waals surface area contributed by atoms with E-state index in [0.717, 1.165) is 18.7 Å². The lowest BCUT2D eigenvalue weighted by Gasteiger charge is -2.19. The van der Waals surface area contributed by atoms with Crippen molar-refractivity contribution < 1.29 is 22.7 Å². The lowest BCUT2D eigenvalue weighted by molar-refractivity contribution is -0.123. The van der Waals surface area contributed by atoms with Gasteiger partial charge >= 0.3 is 0 Å². The number of carbonyl (C=O) groups excluding carboxylic acids is 1. The van der Waals surface area contributed by atoms with E-state index in [-0.39, 0.29) is 28.5 Å². The molecule has 3 rings (SSSR count). The molecule has 1 unspecified atom stereocenters. The van der Waals surface area contributed by atoms with E-state index >= 15 is 0 Å². The highest BCUT2D eigenvalue weighted by atomic mass is 35.5. The normalized spacial score (nSPS) is 17.6. The summed E-state index contributed by atoms with van der Waals surface area (Å²) in [4.78, 5) is 14.4. The molecule has 1 amide bonds. The molecular weight excluding hydrogens is 395 g/mol. The standard InChI is InChI=1S/C18H18ClFN2O4S/c19-16-9-14(3-6-17(16)20)26-11-18(23)21-12-7-8-22(10-12)13-1-4-15(5-2-13)27(24)25/h1-6,9,12H,7-8,10-11H2,(H,21,23)(H,24,25)/p-1/t12-/m0/s1. The molecule has 1 aliphatic rings. The van der Waals surface area contributed by atoms with E-state index in [1.807, 2.05) is 0 Å². The number of benzene rings is 2. The van der Waals surface area contributed by atoms with Crippen LogP contribution in [0, 0.1) is 5.82 Å². The minimum absolute atomic E-state index is 0.0359. The molecule has 2 aromatic carbocycles. The lowest BCUT2D eigenvalue weighted by Crippen LogP contribution is -2.39. The number of rotatable bonds is 6. The van der Waals surface area contributed by atoms with E-state index in [1.54, 1.807) is 24.3 Å². The second-order valence-corrected chi connectivity index (χ2v) is 7.44. The van der Waals surface area contributed by atoms with Gasteiger partial charge in [0.1, 0.15) is 11.6 Å². The fourth-order valence-electron chi connectivity index (χ4n) is 2.87. The lowest BCUT2D eigenvalue weighted by atomic mass is 10.2. The van der Waals surface area contributed by atoms with Crippen molar-refractivity contribution in [3.63, 3.8) is 0 Å². The molecule has 1 aliphatic heterocycles. The Morgan fingerprint density at radius 2 is 2.07 bits per heavy atom. The molecule has 0 spiro atoms. The Balaban J connectivity index is 1.48. The summed E-state index contributed by atoms with van der Waals surface area (Å²) in [6.07, 6.45) is 0.767. The number of carbonyl (C=O) groups is 1. The molecule has 2 aromatic rings. The summed E-state index contributed by atoms with van der Waals surface area (Å²) in [7, 11) is 0. The molecule has 1 heterocycles. The SMILES string of the molecule is O=C(COc1ccc(F)c(Cl)c1)N[C@H]1CCN(c2ccc(S(=O)[O-])cc2)C1. The Morgan fingerprint density at radius 3 is 2.74 bits per heavy atom. The summed E-state index contributed by atoms with van der Waals surface area (Å²) < 4.78 is 40.2. The first-order valence-electron chi connectivity index (χ1n) is 8.24. The van der Waals surface area contributed by atoms with E-state index in [2.05, 4.69) is 10.2 Å². The Morgan fingerprint density at radius 1 is 1.33 bits per heavy atom. The van der Waals surface area contributed by atoms with Gasteiger partial charge in [-0.1, -0.05) is 11.6 Å². The van der Waals surface area contributed by atoms with Crippen molar-refractivity contribution in [3.05, 3.63) is 53.3 Å². The topological polar surface area (TPSA) is 81.7 Å². The maximum atomic E-state index is 13.1. The van der Waals surface area contributed by atoms with Gasteiger partial charge in [0.25, 0.3) is 5.91 Å². The molecule has 9 heteroatoms. The average Bonchev–Trinajstić information content (AvgIpc) is 3.11. The highest BCUT2D eigenvalue weighted by Crippen LogP contribution is 2.22. The van der Waals surface area contributed by atoms with Crippen LogP contribution in [0.25, 0.3) is 0 Å². The van der Waals surface area contributed by atoms with Gasteiger partial charge < -0.3 is 19.5 Å². The van der Waals surface area contributed by atoms with Gasteiger partial charge in [-0.25, -0.2) is 4.39 Å². The summed E-state index contributed by atoms with van der Waals surface area (Å²) in [5, 5.41) is 2.83. The Bertz CT molecular complexity index is 850. The average molecular weight is 412 g/mol. The molecule has 0 aromatic heterocycles. The van der Waals surface area contributed by atoms with Crippen LogP contribution in [-0.2, 0) is 15.9 Å². The van der Waals surface area contributed by atoms with Gasteiger partial charge in [0, 0.05) is 35.8 Å². The van der Waals surface area contributed by atoms with E-state index < -0.39 is 16.9 Å². The second kappa shape index (κ2) is 8.69. The van der Waals surface area contributed by atoms with Crippen LogP contribution in [0.4, 0.5) is 10.1 Å². The third kappa shape index (κ3) is 5.18. The third-order valence-electron chi connectivity index (χ3n) is 4.21. The van der Waals surface area contributed by atoms with Gasteiger partial charge in [0.15, 0.2) is 6.61 Å². The molecule has 27 heavy (non-hydrogen) atoms. The van der Waals surface area contributed by atoms with Crippen molar-refractivity contribution in [1.82, 2.24) is 5.32 Å². The van der Waals surface area contributed by atoms with Crippen LogP contribution in [-0.4, -0.2) is 40.4 Å². The van der Waals surface area contributed by atoms with Gasteiger partial charge in [-0.2, -0.15) is 0 Å². The van der Waals surface area contributed by atoms with Crippen LogP contribution in [0.1, 0.15) is 6.42 Å². The first-order valence-corrected chi connectivity index (χ1v) is 9.69. The predicted octanol–water partition coefficient (Wildman–Crippen LogP) is 2.49. The predicted molar refractivity (Wildman–Crippen MR) is 99.3 cm³/mol. The first kappa shape index (κ1) is 19.6. The maximum Gasteiger partial charge on any atom is 0.258 e. The largest absolute Gasteiger partial charge is 0.768 e. The number of hydrogen-bond donors (Lipinski definition) is 1. The Hall–Kier alpha value is -2.16. The van der Waals surface area contributed by atoms with Crippen LogP contribution < -0.4 is 15.0 Å². The molecule has 144 valence electrons. The number of nitrogens with zero attached hydrogens (tertiary/aromatic N) is 1. The molecule has 2 atom stereocenters. The first-order chi connectivity index (χ1) is 12.9. The number of halogens is 2. The highest BCUT2D eigenvalue weighted by Gasteiger charge is 2.24. The van der Waals surface area contributed by atoms with Crippen LogP contribution in [0.5, 0.6) is 5.75 Å². The van der Waals surface area contributed by atoms with Crippen molar-refractivity contribution >= 4 is 34.3 Å². The van der Waals surface area contributed by atoms with Gasteiger partial charge in [-0.3, -0.25) is 9.00 Å². The molecule has 0 saturated carbocycles. The second-order valence-electron chi connectivity index (χ2n) is 6.09. The van der Waals surface area contributed by atoms with Gasteiger partial charge in [-0.15, -0.1) is 0 Å². The van der Waals surface area contributed by atoms with Crippen molar-refractivity contribution in [3.8, 4) is 5.75 Å². The fraction of sp³-hybridized carbons (Fsp3) is 0.278. The summed E-state index contributed by atoms with van der Waals surface area (Å²) in [6.45, 7) is 1.18. The van der Waals surface area contributed by atoms with E-state index in [9.17, 15) is 17.9 Å². The summed E-state index contributed by atoms with van der Waals surface area (Å²) in [5.74, 6) is -0.506. The van der Waals surface area contributed by atoms with E-state index in [1.165, 1.54) is 18.2 Å². The van der Waals surface area contributed by atoms with Gasteiger partial charge in [0.05, 0.1) is 5.02 Å². The molecule has 0 aliphatic carbocycles. The summed E-state index contributed by atoms with van der Waals surface area (Å²) >= 11 is 3.43. The van der Waals surface area contributed by atoms with Crippen LogP contribution >= 0.6 is 11.6 Å². The zero-order valence-corrected chi connectivity index (χ0v) is 15.8. The number of nitrogens with one attached hydrogen (secondary N) is 1. The number of ether oxygens (including phenoxy) is 1. The zero-order chi connectivity index (χ0) is 19.4. The smallest absolute Gasteiger partial charge is 0.258 e. The maximum absolute atomic E-state index is 13.1.